The average Bonchev–Trinajstić information content (AvgIpc) is 3.40. The fraction of sp³-hybridized carbons (Fsp3) is 0.217. The second kappa shape index (κ2) is 7.72. The van der Waals surface area contributed by atoms with Crippen LogP contribution in [0.4, 0.5) is 5.82 Å². The van der Waals surface area contributed by atoms with Crippen LogP contribution in [-0.4, -0.2) is 61.3 Å². The van der Waals surface area contributed by atoms with Crippen molar-refractivity contribution in [3.8, 4) is 22.7 Å². The zero-order chi connectivity index (χ0) is 22.5. The van der Waals surface area contributed by atoms with Crippen LogP contribution in [0.2, 0.25) is 5.02 Å². The number of anilines is 1. The summed E-state index contributed by atoms with van der Waals surface area (Å²) in [7, 11) is 1.62. The van der Waals surface area contributed by atoms with Gasteiger partial charge in [0.1, 0.15) is 11.4 Å². The summed E-state index contributed by atoms with van der Waals surface area (Å²) in [4.78, 5) is 11.3. The molecule has 166 valence electrons. The van der Waals surface area contributed by atoms with Crippen LogP contribution in [0, 0.1) is 5.92 Å². The summed E-state index contributed by atoms with van der Waals surface area (Å²) in [6.45, 7) is 1.66. The first-order valence-electron chi connectivity index (χ1n) is 10.5. The van der Waals surface area contributed by atoms with E-state index >= 15 is 0 Å². The van der Waals surface area contributed by atoms with Crippen molar-refractivity contribution >= 4 is 34.0 Å². The third-order valence-corrected chi connectivity index (χ3v) is 6.22. The van der Waals surface area contributed by atoms with Gasteiger partial charge in [-0.15, -0.1) is 5.10 Å². The van der Waals surface area contributed by atoms with E-state index < -0.39 is 0 Å². The second-order valence-corrected chi connectivity index (χ2v) is 8.47. The van der Waals surface area contributed by atoms with Crippen LogP contribution >= 0.6 is 11.6 Å². The molecule has 0 bridgehead atoms. The Morgan fingerprint density at radius 1 is 1.18 bits per heavy atom. The van der Waals surface area contributed by atoms with E-state index in [9.17, 15) is 5.11 Å². The van der Waals surface area contributed by atoms with E-state index in [2.05, 4.69) is 15.0 Å². The molecule has 1 aromatic carbocycles. The van der Waals surface area contributed by atoms with Gasteiger partial charge in [-0.05, 0) is 30.3 Å². The molecule has 0 atom stereocenters. The monoisotopic (exact) mass is 461 g/mol. The molecule has 0 radical (unpaired) electrons. The van der Waals surface area contributed by atoms with Crippen LogP contribution in [-0.2, 0) is 0 Å². The third kappa shape index (κ3) is 3.20. The van der Waals surface area contributed by atoms with Crippen molar-refractivity contribution in [2.75, 3.05) is 31.7 Å². The Morgan fingerprint density at radius 3 is 2.88 bits per heavy atom. The molecule has 4 aromatic heterocycles. The van der Waals surface area contributed by atoms with E-state index in [-0.39, 0.29) is 12.5 Å². The zero-order valence-corrected chi connectivity index (χ0v) is 18.5. The lowest BCUT2D eigenvalue weighted by molar-refractivity contribution is 0.200. The molecule has 1 N–H and O–H groups in total. The fourth-order valence-corrected chi connectivity index (χ4v) is 4.42. The smallest absolute Gasteiger partial charge is 0.164 e. The Hall–Kier alpha value is -3.69. The van der Waals surface area contributed by atoms with Gasteiger partial charge in [-0.1, -0.05) is 11.6 Å². The number of fused-ring (bicyclic) bond motifs is 2. The van der Waals surface area contributed by atoms with E-state index in [1.165, 1.54) is 0 Å². The van der Waals surface area contributed by atoms with Crippen molar-refractivity contribution in [1.82, 2.24) is 29.4 Å². The number of aliphatic hydroxyl groups is 1. The summed E-state index contributed by atoms with van der Waals surface area (Å²) < 4.78 is 9.16. The number of hydrogen-bond acceptors (Lipinski definition) is 7. The highest BCUT2D eigenvalue weighted by Gasteiger charge is 2.30. The van der Waals surface area contributed by atoms with E-state index in [1.807, 2.05) is 41.3 Å². The second-order valence-electron chi connectivity index (χ2n) is 8.04. The predicted octanol–water partition coefficient (Wildman–Crippen LogP) is 3.22. The summed E-state index contributed by atoms with van der Waals surface area (Å²) in [6.07, 6.45) is 7.18. The van der Waals surface area contributed by atoms with Gasteiger partial charge in [-0.25, -0.2) is 14.2 Å². The number of rotatable bonds is 5. The molecule has 5 heterocycles. The Bertz CT molecular complexity index is 1490. The number of aliphatic hydroxyl groups excluding tert-OH is 1. The quantitative estimate of drug-likeness (QED) is 0.429. The lowest BCUT2D eigenvalue weighted by Gasteiger charge is -2.38. The van der Waals surface area contributed by atoms with Crippen LogP contribution in [0.25, 0.3) is 33.5 Å². The maximum Gasteiger partial charge on any atom is 0.164 e. The Morgan fingerprint density at radius 2 is 2.06 bits per heavy atom. The SMILES string of the molecule is COc1ccc(Cl)cc1-n1nc(N2CC(CO)C2)c2cnc(-c3cnn4cccnc34)cc21. The number of benzene rings is 1. The standard InChI is InChI=1S/C23H20ClN7O2/c1-33-21-4-3-15(24)7-20(21)31-19-8-18(16-10-27-30-6-2-5-25-22(16)30)26-9-17(19)23(28-31)29-11-14(12-29)13-32/h2-10,14,32H,11-13H2,1H3. The van der Waals surface area contributed by atoms with Crippen molar-refractivity contribution in [3.05, 3.63) is 60.1 Å². The molecule has 33 heavy (non-hydrogen) atoms. The molecule has 5 aromatic rings. The van der Waals surface area contributed by atoms with E-state index in [0.29, 0.717) is 10.8 Å². The fourth-order valence-electron chi connectivity index (χ4n) is 4.25. The molecule has 1 fully saturated rings. The van der Waals surface area contributed by atoms with Gasteiger partial charge in [0.25, 0.3) is 0 Å². The van der Waals surface area contributed by atoms with Gasteiger partial charge < -0.3 is 14.7 Å². The molecule has 0 unspecified atom stereocenters. The number of pyridine rings is 1. The zero-order valence-electron chi connectivity index (χ0n) is 17.8. The molecule has 9 nitrogen and oxygen atoms in total. The first-order valence-corrected chi connectivity index (χ1v) is 10.9. The molecular weight excluding hydrogens is 442 g/mol. The number of nitrogens with zero attached hydrogens (tertiary/aromatic N) is 7. The number of methoxy groups -OCH3 is 1. The third-order valence-electron chi connectivity index (χ3n) is 5.99. The summed E-state index contributed by atoms with van der Waals surface area (Å²) >= 11 is 6.33. The highest BCUT2D eigenvalue weighted by molar-refractivity contribution is 6.30. The van der Waals surface area contributed by atoms with E-state index in [1.54, 1.807) is 30.1 Å². The summed E-state index contributed by atoms with van der Waals surface area (Å²) in [5.41, 5.74) is 3.88. The number of halogens is 1. The first kappa shape index (κ1) is 20.0. The molecule has 1 aliphatic heterocycles. The first-order chi connectivity index (χ1) is 16.2. The van der Waals surface area contributed by atoms with Crippen LogP contribution < -0.4 is 9.64 Å². The molecule has 0 saturated carbocycles. The van der Waals surface area contributed by atoms with Gasteiger partial charge in [-0.2, -0.15) is 5.10 Å². The number of hydrogen-bond donors (Lipinski definition) is 1. The van der Waals surface area contributed by atoms with Gasteiger partial charge in [-0.3, -0.25) is 4.98 Å². The van der Waals surface area contributed by atoms with Crippen molar-refractivity contribution in [3.63, 3.8) is 0 Å². The Balaban J connectivity index is 1.57. The highest BCUT2D eigenvalue weighted by Crippen LogP contribution is 2.37. The van der Waals surface area contributed by atoms with Crippen molar-refractivity contribution in [2.24, 2.45) is 5.92 Å². The normalized spacial score (nSPS) is 14.2. The molecule has 10 heteroatoms. The Kier molecular flexibility index (Phi) is 4.67. The van der Waals surface area contributed by atoms with Gasteiger partial charge in [0.05, 0.1) is 35.5 Å². The minimum atomic E-state index is 0.168. The topological polar surface area (TPSA) is 93.6 Å². The maximum absolute atomic E-state index is 9.46. The lowest BCUT2D eigenvalue weighted by Crippen LogP contribution is -2.48. The summed E-state index contributed by atoms with van der Waals surface area (Å²) in [5, 5.41) is 20.3. The van der Waals surface area contributed by atoms with Crippen LogP contribution in [0.15, 0.2) is 55.1 Å². The molecular formula is C23H20ClN7O2. The van der Waals surface area contributed by atoms with Crippen molar-refractivity contribution in [1.29, 1.82) is 0 Å². The minimum Gasteiger partial charge on any atom is -0.494 e. The lowest BCUT2D eigenvalue weighted by atomic mass is 10.0. The van der Waals surface area contributed by atoms with E-state index in [0.717, 1.165) is 52.4 Å². The molecule has 0 spiro atoms. The summed E-state index contributed by atoms with van der Waals surface area (Å²) in [5.74, 6) is 1.72. The molecule has 6 rings (SSSR count). The maximum atomic E-state index is 9.46. The van der Waals surface area contributed by atoms with Gasteiger partial charge in [0.15, 0.2) is 11.5 Å². The number of ether oxygens (including phenoxy) is 1. The van der Waals surface area contributed by atoms with Gasteiger partial charge in [0.2, 0.25) is 0 Å². The van der Waals surface area contributed by atoms with Crippen molar-refractivity contribution in [2.45, 2.75) is 0 Å². The minimum absolute atomic E-state index is 0.168. The largest absolute Gasteiger partial charge is 0.494 e. The molecule has 1 saturated heterocycles. The highest BCUT2D eigenvalue weighted by atomic mass is 35.5. The van der Waals surface area contributed by atoms with Crippen LogP contribution in [0.5, 0.6) is 5.75 Å². The molecule has 0 amide bonds. The van der Waals surface area contributed by atoms with Gasteiger partial charge in [0, 0.05) is 49.2 Å². The van der Waals surface area contributed by atoms with Crippen molar-refractivity contribution < 1.29 is 9.84 Å². The Labute approximate surface area is 193 Å². The van der Waals surface area contributed by atoms with Crippen LogP contribution in [0.3, 0.4) is 0 Å². The van der Waals surface area contributed by atoms with Crippen LogP contribution in [0.1, 0.15) is 0 Å². The number of aromatic nitrogens is 6. The summed E-state index contributed by atoms with van der Waals surface area (Å²) in [6, 6.07) is 9.27. The molecule has 0 aliphatic carbocycles. The molecule has 1 aliphatic rings. The average molecular weight is 462 g/mol. The van der Waals surface area contributed by atoms with E-state index in [4.69, 9.17) is 26.4 Å². The van der Waals surface area contributed by atoms with Gasteiger partial charge >= 0.3 is 0 Å². The predicted molar refractivity (Wildman–Crippen MR) is 125 cm³/mol.